The molecule has 2 rings (SSSR count). The number of nitrogens with zero attached hydrogens (tertiary/aromatic N) is 1. The van der Waals surface area contributed by atoms with Crippen LogP contribution in [0.4, 0.5) is 0 Å². The molecule has 154 valence electrons. The third-order valence-corrected chi connectivity index (χ3v) is 5.85. The summed E-state index contributed by atoms with van der Waals surface area (Å²) in [6, 6.07) is 8.45. The topological polar surface area (TPSA) is 29.5 Å². The lowest BCUT2D eigenvalue weighted by molar-refractivity contribution is -0.911. The number of aliphatic hydroxyl groups excluding tert-OH is 1. The molecular formula is C24H42NO2+. The van der Waals surface area contributed by atoms with Gasteiger partial charge < -0.3 is 14.3 Å². The van der Waals surface area contributed by atoms with Gasteiger partial charge in [0, 0.05) is 0 Å². The lowest BCUT2D eigenvalue weighted by Gasteiger charge is -2.35. The molecule has 0 amide bonds. The highest BCUT2D eigenvalue weighted by atomic mass is 16.5. The van der Waals surface area contributed by atoms with Gasteiger partial charge in [-0.2, -0.15) is 0 Å². The third-order valence-electron chi connectivity index (χ3n) is 5.85. The number of aliphatic hydroxyl groups is 1. The van der Waals surface area contributed by atoms with Crippen LogP contribution in [0.15, 0.2) is 24.3 Å². The van der Waals surface area contributed by atoms with Crippen molar-refractivity contribution in [3.05, 3.63) is 29.8 Å². The average Bonchev–Trinajstić information content (AvgIpc) is 2.75. The van der Waals surface area contributed by atoms with Gasteiger partial charge in [0.25, 0.3) is 0 Å². The van der Waals surface area contributed by atoms with Crippen LogP contribution >= 0.6 is 0 Å². The zero-order chi connectivity index (χ0) is 20.1. The van der Waals surface area contributed by atoms with Crippen molar-refractivity contribution >= 4 is 0 Å². The van der Waals surface area contributed by atoms with Gasteiger partial charge >= 0.3 is 0 Å². The van der Waals surface area contributed by atoms with Crippen LogP contribution in [0.2, 0.25) is 0 Å². The molecule has 1 N–H and O–H groups in total. The highest BCUT2D eigenvalue weighted by molar-refractivity contribution is 5.31. The normalized spacial score (nSPS) is 19.4. The van der Waals surface area contributed by atoms with Crippen molar-refractivity contribution < 1.29 is 14.3 Å². The number of hydrogen-bond acceptors (Lipinski definition) is 2. The third kappa shape index (κ3) is 7.46. The van der Waals surface area contributed by atoms with Crippen LogP contribution in [-0.2, 0) is 5.41 Å². The summed E-state index contributed by atoms with van der Waals surface area (Å²) in [6.07, 6.45) is 5.93. The van der Waals surface area contributed by atoms with E-state index in [9.17, 15) is 5.11 Å². The quantitative estimate of drug-likeness (QED) is 0.666. The van der Waals surface area contributed by atoms with Gasteiger partial charge in [0.2, 0.25) is 0 Å². The maximum atomic E-state index is 10.5. The van der Waals surface area contributed by atoms with Crippen LogP contribution < -0.4 is 4.74 Å². The van der Waals surface area contributed by atoms with Crippen molar-refractivity contribution in [2.75, 3.05) is 33.3 Å². The van der Waals surface area contributed by atoms with Crippen LogP contribution in [0.1, 0.15) is 72.3 Å². The Labute approximate surface area is 167 Å². The van der Waals surface area contributed by atoms with E-state index >= 15 is 0 Å². The second-order valence-corrected chi connectivity index (χ2v) is 10.8. The molecule has 1 fully saturated rings. The molecule has 0 bridgehead atoms. The van der Waals surface area contributed by atoms with Crippen molar-refractivity contribution in [2.24, 2.45) is 5.41 Å². The standard InChI is InChI=1S/C24H42NO2/c1-23(2,3)19-24(4,5)20-11-13-22(14-12-20)27-18-21(26)17-25(6)15-9-7-8-10-16-25/h11-14,21,26H,7-10,15-19H2,1-6H3/q+1/t21-/m1/s1. The fourth-order valence-corrected chi connectivity index (χ4v) is 4.82. The van der Waals surface area contributed by atoms with Crippen LogP contribution in [0.3, 0.4) is 0 Å². The Balaban J connectivity index is 1.87. The van der Waals surface area contributed by atoms with Crippen molar-refractivity contribution in [1.29, 1.82) is 0 Å². The van der Waals surface area contributed by atoms with E-state index in [0.29, 0.717) is 12.0 Å². The Hall–Kier alpha value is -1.06. The molecular weight excluding hydrogens is 334 g/mol. The van der Waals surface area contributed by atoms with Gasteiger partial charge in [-0.25, -0.2) is 0 Å². The summed E-state index contributed by atoms with van der Waals surface area (Å²) < 4.78 is 6.87. The average molecular weight is 377 g/mol. The Bertz CT molecular complexity index is 563. The van der Waals surface area contributed by atoms with E-state index in [1.165, 1.54) is 44.3 Å². The summed E-state index contributed by atoms with van der Waals surface area (Å²) in [5, 5.41) is 10.5. The molecule has 0 radical (unpaired) electrons. The first-order chi connectivity index (χ1) is 12.5. The summed E-state index contributed by atoms with van der Waals surface area (Å²) in [5.41, 5.74) is 1.78. The number of likely N-dealkylation sites (N-methyl/N-ethyl adjacent to an activating group) is 1. The Morgan fingerprint density at radius 1 is 0.963 bits per heavy atom. The molecule has 1 aromatic rings. The van der Waals surface area contributed by atoms with Gasteiger partial charge in [0.15, 0.2) is 0 Å². The first kappa shape index (κ1) is 22.2. The predicted octanol–water partition coefficient (Wildman–Crippen LogP) is 5.16. The van der Waals surface area contributed by atoms with Crippen molar-refractivity contribution in [3.8, 4) is 5.75 Å². The number of rotatable bonds is 7. The maximum absolute atomic E-state index is 10.5. The highest BCUT2D eigenvalue weighted by Gasteiger charge is 2.28. The summed E-state index contributed by atoms with van der Waals surface area (Å²) in [7, 11) is 2.28. The van der Waals surface area contributed by atoms with E-state index < -0.39 is 6.10 Å². The van der Waals surface area contributed by atoms with Gasteiger partial charge in [-0.3, -0.25) is 0 Å². The number of quaternary nitrogens is 1. The zero-order valence-corrected chi connectivity index (χ0v) is 18.6. The fraction of sp³-hybridized carbons (Fsp3) is 0.750. The van der Waals surface area contributed by atoms with Gasteiger partial charge in [-0.15, -0.1) is 0 Å². The van der Waals surface area contributed by atoms with Gasteiger partial charge in [-0.05, 0) is 60.6 Å². The van der Waals surface area contributed by atoms with Gasteiger partial charge in [-0.1, -0.05) is 46.8 Å². The van der Waals surface area contributed by atoms with Crippen LogP contribution in [0.5, 0.6) is 5.75 Å². The maximum Gasteiger partial charge on any atom is 0.137 e. The van der Waals surface area contributed by atoms with E-state index in [4.69, 9.17) is 4.74 Å². The summed E-state index contributed by atoms with van der Waals surface area (Å²) in [5.74, 6) is 0.850. The smallest absolute Gasteiger partial charge is 0.137 e. The van der Waals surface area contributed by atoms with Crippen LogP contribution in [-0.4, -0.2) is 49.0 Å². The minimum Gasteiger partial charge on any atom is -0.491 e. The second kappa shape index (κ2) is 8.96. The molecule has 1 aliphatic heterocycles. The molecule has 0 aromatic heterocycles. The van der Waals surface area contributed by atoms with E-state index in [1.807, 2.05) is 0 Å². The number of ether oxygens (including phenoxy) is 1. The number of benzene rings is 1. The van der Waals surface area contributed by atoms with Crippen LogP contribution in [0.25, 0.3) is 0 Å². The number of hydrogen-bond donors (Lipinski definition) is 1. The summed E-state index contributed by atoms with van der Waals surface area (Å²) in [6.45, 7) is 15.0. The minimum absolute atomic E-state index is 0.141. The molecule has 3 heteroatoms. The van der Waals surface area contributed by atoms with E-state index in [1.54, 1.807) is 0 Å². The molecule has 1 aliphatic rings. The van der Waals surface area contributed by atoms with E-state index in [-0.39, 0.29) is 5.41 Å². The van der Waals surface area contributed by atoms with E-state index in [0.717, 1.165) is 23.2 Å². The first-order valence-electron chi connectivity index (χ1n) is 10.7. The van der Waals surface area contributed by atoms with Crippen molar-refractivity contribution in [2.45, 2.75) is 78.2 Å². The molecule has 27 heavy (non-hydrogen) atoms. The summed E-state index contributed by atoms with van der Waals surface area (Å²) in [4.78, 5) is 0. The lowest BCUT2D eigenvalue weighted by atomic mass is 9.72. The zero-order valence-electron chi connectivity index (χ0n) is 18.6. The second-order valence-electron chi connectivity index (χ2n) is 10.8. The van der Waals surface area contributed by atoms with Crippen molar-refractivity contribution in [3.63, 3.8) is 0 Å². The minimum atomic E-state index is -0.412. The molecule has 1 saturated heterocycles. The molecule has 1 aromatic carbocycles. The predicted molar refractivity (Wildman–Crippen MR) is 114 cm³/mol. The SMILES string of the molecule is CC(C)(C)CC(C)(C)c1ccc(OC[C@H](O)C[N+]2(C)CCCCCC2)cc1. The molecule has 0 unspecified atom stereocenters. The Morgan fingerprint density at radius 2 is 1.52 bits per heavy atom. The van der Waals surface area contributed by atoms with Crippen molar-refractivity contribution in [1.82, 2.24) is 0 Å². The van der Waals surface area contributed by atoms with Gasteiger partial charge in [0.1, 0.15) is 25.0 Å². The Morgan fingerprint density at radius 3 is 2.04 bits per heavy atom. The highest BCUT2D eigenvalue weighted by Crippen LogP contribution is 2.36. The number of likely N-dealkylation sites (tertiary alicyclic amines) is 1. The Kier molecular flexibility index (Phi) is 7.38. The van der Waals surface area contributed by atoms with E-state index in [2.05, 4.69) is 65.9 Å². The largest absolute Gasteiger partial charge is 0.491 e. The lowest BCUT2D eigenvalue weighted by Crippen LogP contribution is -2.50. The molecule has 1 atom stereocenters. The van der Waals surface area contributed by atoms with Crippen LogP contribution in [0, 0.1) is 5.41 Å². The first-order valence-corrected chi connectivity index (χ1v) is 10.7. The molecule has 0 aliphatic carbocycles. The molecule has 0 spiro atoms. The van der Waals surface area contributed by atoms with Gasteiger partial charge in [0.05, 0.1) is 20.1 Å². The molecule has 0 saturated carbocycles. The molecule has 3 nitrogen and oxygen atoms in total. The summed E-state index contributed by atoms with van der Waals surface area (Å²) >= 11 is 0. The molecule has 1 heterocycles. The fourth-order valence-electron chi connectivity index (χ4n) is 4.82. The monoisotopic (exact) mass is 376 g/mol.